The molecule has 0 bridgehead atoms. The predicted octanol–water partition coefficient (Wildman–Crippen LogP) is 2.36. The zero-order chi connectivity index (χ0) is 11.1. The van der Waals surface area contributed by atoms with Gasteiger partial charge in [-0.15, -0.1) is 0 Å². The van der Waals surface area contributed by atoms with Crippen LogP contribution in [0.25, 0.3) is 0 Å². The number of aliphatic hydroxyl groups is 1. The minimum Gasteiger partial charge on any atom is -0.387 e. The SMILES string of the molecule is CC1(C)CNCC(O)c2ccc(Br)cc21. The van der Waals surface area contributed by atoms with Crippen LogP contribution in [0.4, 0.5) is 0 Å². The first-order chi connectivity index (χ1) is 7.00. The molecule has 0 amide bonds. The topological polar surface area (TPSA) is 32.3 Å². The Hall–Kier alpha value is -0.380. The Morgan fingerprint density at radius 2 is 2.20 bits per heavy atom. The van der Waals surface area contributed by atoms with Gasteiger partial charge >= 0.3 is 0 Å². The summed E-state index contributed by atoms with van der Waals surface area (Å²) in [7, 11) is 0. The second kappa shape index (κ2) is 3.89. The molecular formula is C12H16BrNO. The number of aliphatic hydroxyl groups excluding tert-OH is 1. The molecule has 0 saturated heterocycles. The van der Waals surface area contributed by atoms with E-state index >= 15 is 0 Å². The van der Waals surface area contributed by atoms with Crippen molar-refractivity contribution in [3.05, 3.63) is 33.8 Å². The molecule has 0 spiro atoms. The number of nitrogens with one attached hydrogen (secondary N) is 1. The molecule has 0 radical (unpaired) electrons. The van der Waals surface area contributed by atoms with Crippen LogP contribution in [0.2, 0.25) is 0 Å². The quantitative estimate of drug-likeness (QED) is 0.758. The monoisotopic (exact) mass is 269 g/mol. The molecule has 0 fully saturated rings. The Kier molecular flexibility index (Phi) is 2.88. The summed E-state index contributed by atoms with van der Waals surface area (Å²) in [5.74, 6) is 0. The first-order valence-electron chi connectivity index (χ1n) is 5.19. The molecule has 1 atom stereocenters. The van der Waals surface area contributed by atoms with Crippen LogP contribution in [-0.2, 0) is 5.41 Å². The second-order valence-corrected chi connectivity index (χ2v) is 5.68. The Morgan fingerprint density at radius 3 is 2.93 bits per heavy atom. The van der Waals surface area contributed by atoms with E-state index in [4.69, 9.17) is 0 Å². The lowest BCUT2D eigenvalue weighted by atomic mass is 9.81. The smallest absolute Gasteiger partial charge is 0.0917 e. The summed E-state index contributed by atoms with van der Waals surface area (Å²) in [5.41, 5.74) is 2.35. The fourth-order valence-electron chi connectivity index (χ4n) is 2.13. The number of benzene rings is 1. The van der Waals surface area contributed by atoms with Crippen molar-refractivity contribution < 1.29 is 5.11 Å². The van der Waals surface area contributed by atoms with Crippen LogP contribution in [0.1, 0.15) is 31.1 Å². The van der Waals surface area contributed by atoms with Crippen molar-refractivity contribution in [1.82, 2.24) is 5.32 Å². The highest BCUT2D eigenvalue weighted by Gasteiger charge is 2.29. The van der Waals surface area contributed by atoms with Gasteiger partial charge in [0.1, 0.15) is 0 Å². The van der Waals surface area contributed by atoms with Crippen LogP contribution >= 0.6 is 15.9 Å². The molecule has 0 saturated carbocycles. The Balaban J connectivity index is 2.57. The third-order valence-corrected chi connectivity index (χ3v) is 3.50. The molecule has 1 aliphatic heterocycles. The first kappa shape index (κ1) is 11.1. The van der Waals surface area contributed by atoms with E-state index in [-0.39, 0.29) is 5.41 Å². The van der Waals surface area contributed by atoms with Gasteiger partial charge in [0.2, 0.25) is 0 Å². The van der Waals surface area contributed by atoms with Gasteiger partial charge in [0.25, 0.3) is 0 Å². The summed E-state index contributed by atoms with van der Waals surface area (Å²) in [5, 5.41) is 13.3. The summed E-state index contributed by atoms with van der Waals surface area (Å²) in [6, 6.07) is 6.12. The van der Waals surface area contributed by atoms with Crippen molar-refractivity contribution >= 4 is 15.9 Å². The molecular weight excluding hydrogens is 254 g/mol. The standard InChI is InChI=1S/C12H16BrNO/c1-12(2)7-14-6-11(15)9-4-3-8(13)5-10(9)12/h3-5,11,14-15H,6-7H2,1-2H3. The predicted molar refractivity (Wildman–Crippen MR) is 65.0 cm³/mol. The lowest BCUT2D eigenvalue weighted by Crippen LogP contribution is -2.31. The van der Waals surface area contributed by atoms with E-state index in [0.717, 1.165) is 16.6 Å². The minimum absolute atomic E-state index is 0.0661. The van der Waals surface area contributed by atoms with Crippen molar-refractivity contribution in [1.29, 1.82) is 0 Å². The van der Waals surface area contributed by atoms with E-state index < -0.39 is 6.10 Å². The average Bonchev–Trinajstić information content (AvgIpc) is 2.26. The summed E-state index contributed by atoms with van der Waals surface area (Å²) in [4.78, 5) is 0. The molecule has 1 aromatic rings. The molecule has 2 nitrogen and oxygen atoms in total. The molecule has 1 unspecified atom stereocenters. The van der Waals surface area contributed by atoms with E-state index in [1.54, 1.807) is 0 Å². The lowest BCUT2D eigenvalue weighted by molar-refractivity contribution is 0.178. The molecule has 0 aliphatic carbocycles. The van der Waals surface area contributed by atoms with Crippen LogP contribution in [0.15, 0.2) is 22.7 Å². The van der Waals surface area contributed by atoms with Crippen molar-refractivity contribution in [2.24, 2.45) is 0 Å². The van der Waals surface area contributed by atoms with Crippen molar-refractivity contribution in [2.45, 2.75) is 25.4 Å². The third-order valence-electron chi connectivity index (χ3n) is 3.01. The molecule has 2 N–H and O–H groups in total. The van der Waals surface area contributed by atoms with Crippen LogP contribution < -0.4 is 5.32 Å². The van der Waals surface area contributed by atoms with Gasteiger partial charge in [0.15, 0.2) is 0 Å². The zero-order valence-corrected chi connectivity index (χ0v) is 10.6. The van der Waals surface area contributed by atoms with Crippen LogP contribution in [-0.4, -0.2) is 18.2 Å². The molecule has 1 aromatic carbocycles. The van der Waals surface area contributed by atoms with Crippen molar-refractivity contribution in [3.63, 3.8) is 0 Å². The highest BCUT2D eigenvalue weighted by molar-refractivity contribution is 9.10. The van der Waals surface area contributed by atoms with Gasteiger partial charge in [0, 0.05) is 23.0 Å². The van der Waals surface area contributed by atoms with E-state index in [0.29, 0.717) is 6.54 Å². The van der Waals surface area contributed by atoms with E-state index in [1.165, 1.54) is 5.56 Å². The van der Waals surface area contributed by atoms with Gasteiger partial charge in [-0.1, -0.05) is 35.8 Å². The fraction of sp³-hybridized carbons (Fsp3) is 0.500. The minimum atomic E-state index is -0.394. The number of rotatable bonds is 0. The normalized spacial score (nSPS) is 24.4. The summed E-state index contributed by atoms with van der Waals surface area (Å²) < 4.78 is 1.07. The van der Waals surface area contributed by atoms with E-state index in [2.05, 4.69) is 41.2 Å². The van der Waals surface area contributed by atoms with Crippen molar-refractivity contribution in [2.75, 3.05) is 13.1 Å². The molecule has 0 aromatic heterocycles. The zero-order valence-electron chi connectivity index (χ0n) is 9.05. The van der Waals surface area contributed by atoms with Crippen LogP contribution in [0.3, 0.4) is 0 Å². The Morgan fingerprint density at radius 1 is 1.47 bits per heavy atom. The maximum absolute atomic E-state index is 9.99. The van der Waals surface area contributed by atoms with Gasteiger partial charge < -0.3 is 10.4 Å². The highest BCUT2D eigenvalue weighted by atomic mass is 79.9. The molecule has 1 aliphatic rings. The highest BCUT2D eigenvalue weighted by Crippen LogP contribution is 2.33. The molecule has 1 heterocycles. The van der Waals surface area contributed by atoms with Crippen LogP contribution in [0, 0.1) is 0 Å². The number of fused-ring (bicyclic) bond motifs is 1. The molecule has 82 valence electrons. The average molecular weight is 270 g/mol. The first-order valence-corrected chi connectivity index (χ1v) is 5.99. The van der Waals surface area contributed by atoms with Gasteiger partial charge in [-0.3, -0.25) is 0 Å². The molecule has 2 rings (SSSR count). The van der Waals surface area contributed by atoms with Gasteiger partial charge in [-0.05, 0) is 23.3 Å². The summed E-state index contributed by atoms with van der Waals surface area (Å²) in [6.07, 6.45) is -0.394. The molecule has 15 heavy (non-hydrogen) atoms. The summed E-state index contributed by atoms with van der Waals surface area (Å²) >= 11 is 3.49. The van der Waals surface area contributed by atoms with Gasteiger partial charge in [0.05, 0.1) is 6.10 Å². The number of hydrogen-bond donors (Lipinski definition) is 2. The maximum atomic E-state index is 9.99. The number of halogens is 1. The Labute approximate surface area is 98.8 Å². The second-order valence-electron chi connectivity index (χ2n) is 4.76. The van der Waals surface area contributed by atoms with E-state index in [9.17, 15) is 5.11 Å². The third kappa shape index (κ3) is 2.10. The largest absolute Gasteiger partial charge is 0.387 e. The number of hydrogen-bond acceptors (Lipinski definition) is 2. The lowest BCUT2D eigenvalue weighted by Gasteiger charge is -2.25. The fourth-order valence-corrected chi connectivity index (χ4v) is 2.49. The Bertz CT molecular complexity index is 376. The van der Waals surface area contributed by atoms with Gasteiger partial charge in [-0.25, -0.2) is 0 Å². The number of β-amino-alcohol motifs (C(OH)–C–C–N with tert-alkyl or cyclic N) is 1. The van der Waals surface area contributed by atoms with Crippen molar-refractivity contribution in [3.8, 4) is 0 Å². The maximum Gasteiger partial charge on any atom is 0.0917 e. The molecule has 3 heteroatoms. The van der Waals surface area contributed by atoms with E-state index in [1.807, 2.05) is 12.1 Å². The van der Waals surface area contributed by atoms with Gasteiger partial charge in [-0.2, -0.15) is 0 Å². The van der Waals surface area contributed by atoms with Crippen LogP contribution in [0.5, 0.6) is 0 Å². The summed E-state index contributed by atoms with van der Waals surface area (Å²) in [6.45, 7) is 5.93.